The number of hydrogen-bond donors (Lipinski definition) is 2. The van der Waals surface area contributed by atoms with Gasteiger partial charge in [0.15, 0.2) is 18.1 Å². The van der Waals surface area contributed by atoms with E-state index in [0.717, 1.165) is 15.6 Å². The van der Waals surface area contributed by atoms with Crippen LogP contribution in [0.1, 0.15) is 15.2 Å². The van der Waals surface area contributed by atoms with Crippen LogP contribution in [0.5, 0.6) is 11.5 Å². The fourth-order valence-corrected chi connectivity index (χ4v) is 4.33. The van der Waals surface area contributed by atoms with Gasteiger partial charge in [-0.05, 0) is 23.8 Å². The van der Waals surface area contributed by atoms with Gasteiger partial charge in [-0.2, -0.15) is 0 Å². The number of carbonyl (C=O) groups is 3. The number of hydrogen-bond acceptors (Lipinski definition) is 7. The van der Waals surface area contributed by atoms with Crippen molar-refractivity contribution < 1.29 is 28.6 Å². The maximum atomic E-state index is 12.3. The zero-order valence-electron chi connectivity index (χ0n) is 16.1. The third-order valence-electron chi connectivity index (χ3n) is 4.43. The molecule has 0 fully saturated rings. The van der Waals surface area contributed by atoms with Crippen molar-refractivity contribution in [2.24, 2.45) is 0 Å². The fourth-order valence-electron chi connectivity index (χ4n) is 2.89. The summed E-state index contributed by atoms with van der Waals surface area (Å²) in [4.78, 5) is 36.4. The number of fused-ring (bicyclic) bond motifs is 2. The van der Waals surface area contributed by atoms with Crippen molar-refractivity contribution in [1.29, 1.82) is 0 Å². The highest BCUT2D eigenvalue weighted by Crippen LogP contribution is 2.35. The highest BCUT2D eigenvalue weighted by Gasteiger charge is 2.18. The Kier molecular flexibility index (Phi) is 6.24. The summed E-state index contributed by atoms with van der Waals surface area (Å²) >= 11 is 7.49. The molecule has 2 heterocycles. The number of carbonyl (C=O) groups excluding carboxylic acids is 3. The molecule has 2 amide bonds. The number of amides is 2. The molecule has 10 heteroatoms. The summed E-state index contributed by atoms with van der Waals surface area (Å²) in [6, 6.07) is 12.7. The molecular weight excluding hydrogens is 444 g/mol. The van der Waals surface area contributed by atoms with E-state index in [1.807, 2.05) is 24.3 Å². The molecule has 0 bridgehead atoms. The molecule has 8 nitrogen and oxygen atoms in total. The van der Waals surface area contributed by atoms with Gasteiger partial charge in [0.05, 0.1) is 5.02 Å². The van der Waals surface area contributed by atoms with Crippen LogP contribution in [-0.2, 0) is 20.9 Å². The molecule has 1 aliphatic rings. The van der Waals surface area contributed by atoms with E-state index >= 15 is 0 Å². The van der Waals surface area contributed by atoms with Gasteiger partial charge >= 0.3 is 5.97 Å². The third kappa shape index (κ3) is 4.89. The number of halogens is 1. The van der Waals surface area contributed by atoms with E-state index in [-0.39, 0.29) is 19.9 Å². The lowest BCUT2D eigenvalue weighted by molar-refractivity contribution is -0.147. The van der Waals surface area contributed by atoms with Crippen LogP contribution in [0.25, 0.3) is 10.1 Å². The van der Waals surface area contributed by atoms with Crippen molar-refractivity contribution in [2.75, 3.05) is 19.9 Å². The van der Waals surface area contributed by atoms with Crippen LogP contribution in [0.15, 0.2) is 42.5 Å². The summed E-state index contributed by atoms with van der Waals surface area (Å²) in [7, 11) is 0. The van der Waals surface area contributed by atoms with Gasteiger partial charge in [0.1, 0.15) is 11.4 Å². The molecule has 1 aromatic heterocycles. The van der Waals surface area contributed by atoms with Gasteiger partial charge in [0.2, 0.25) is 6.79 Å². The Bertz CT molecular complexity index is 1160. The number of rotatable bonds is 7. The van der Waals surface area contributed by atoms with Crippen molar-refractivity contribution in [3.05, 3.63) is 57.9 Å². The predicted molar refractivity (Wildman–Crippen MR) is 115 cm³/mol. The van der Waals surface area contributed by atoms with Gasteiger partial charge in [0.25, 0.3) is 11.8 Å². The molecular formula is C21H17ClN2O6S. The minimum Gasteiger partial charge on any atom is -0.454 e. The molecule has 0 atom stereocenters. The summed E-state index contributed by atoms with van der Waals surface area (Å²) in [6.07, 6.45) is 0. The largest absolute Gasteiger partial charge is 0.454 e. The summed E-state index contributed by atoms with van der Waals surface area (Å²) in [5.41, 5.74) is 0.816. The molecule has 160 valence electrons. The topological polar surface area (TPSA) is 103 Å². The predicted octanol–water partition coefficient (Wildman–Crippen LogP) is 2.87. The normalized spacial score (nSPS) is 11.9. The van der Waals surface area contributed by atoms with E-state index in [4.69, 9.17) is 25.8 Å². The SMILES string of the molecule is O=C(COC(=O)CNC(=O)c1sc2ccccc2c1Cl)NCc1ccc2c(c1)OCO2. The number of esters is 1. The van der Waals surface area contributed by atoms with Crippen LogP contribution < -0.4 is 20.1 Å². The number of thiophene rings is 1. The van der Waals surface area contributed by atoms with Gasteiger partial charge in [-0.3, -0.25) is 14.4 Å². The third-order valence-corrected chi connectivity index (χ3v) is 6.10. The summed E-state index contributed by atoms with van der Waals surface area (Å²) in [6.45, 7) is -0.414. The Hall–Kier alpha value is -3.30. The zero-order valence-corrected chi connectivity index (χ0v) is 17.7. The maximum Gasteiger partial charge on any atom is 0.325 e. The minimum absolute atomic E-state index is 0.173. The van der Waals surface area contributed by atoms with E-state index in [1.165, 1.54) is 11.3 Å². The van der Waals surface area contributed by atoms with Crippen LogP contribution in [0, 0.1) is 0 Å². The van der Waals surface area contributed by atoms with Gasteiger partial charge < -0.3 is 24.8 Å². The van der Waals surface area contributed by atoms with Crippen LogP contribution >= 0.6 is 22.9 Å². The van der Waals surface area contributed by atoms with Crippen LogP contribution in [0.2, 0.25) is 5.02 Å². The molecule has 2 aromatic carbocycles. The highest BCUT2D eigenvalue weighted by atomic mass is 35.5. The minimum atomic E-state index is -0.733. The Morgan fingerprint density at radius 2 is 1.87 bits per heavy atom. The summed E-state index contributed by atoms with van der Waals surface area (Å²) < 4.78 is 16.3. The Morgan fingerprint density at radius 1 is 1.06 bits per heavy atom. The first-order valence-corrected chi connectivity index (χ1v) is 10.5. The molecule has 4 rings (SSSR count). The lowest BCUT2D eigenvalue weighted by Crippen LogP contribution is -2.33. The average Bonchev–Trinajstić information content (AvgIpc) is 3.38. The molecule has 2 N–H and O–H groups in total. The first kappa shape index (κ1) is 21.0. The number of benzene rings is 2. The first-order valence-electron chi connectivity index (χ1n) is 9.27. The molecule has 0 saturated carbocycles. The van der Waals surface area contributed by atoms with Crippen LogP contribution in [0.3, 0.4) is 0 Å². The fraction of sp³-hybridized carbons (Fsp3) is 0.190. The quantitative estimate of drug-likeness (QED) is 0.525. The van der Waals surface area contributed by atoms with E-state index in [2.05, 4.69) is 10.6 Å². The monoisotopic (exact) mass is 460 g/mol. The Morgan fingerprint density at radius 3 is 2.71 bits per heavy atom. The molecule has 0 unspecified atom stereocenters. The van der Waals surface area contributed by atoms with Crippen LogP contribution in [-0.4, -0.2) is 37.7 Å². The number of ether oxygens (including phenoxy) is 3. The Labute approximate surface area is 186 Å². The van der Waals surface area contributed by atoms with E-state index in [0.29, 0.717) is 21.4 Å². The maximum absolute atomic E-state index is 12.3. The summed E-state index contributed by atoms with van der Waals surface area (Å²) in [5.74, 6) is -0.403. The molecule has 0 spiro atoms. The molecule has 31 heavy (non-hydrogen) atoms. The van der Waals surface area contributed by atoms with Crippen molar-refractivity contribution in [2.45, 2.75) is 6.54 Å². The van der Waals surface area contributed by atoms with Gasteiger partial charge in [-0.1, -0.05) is 35.9 Å². The van der Waals surface area contributed by atoms with Crippen molar-refractivity contribution >= 4 is 50.8 Å². The molecule has 3 aromatic rings. The van der Waals surface area contributed by atoms with Crippen molar-refractivity contribution in [3.8, 4) is 11.5 Å². The first-order chi connectivity index (χ1) is 15.0. The van der Waals surface area contributed by atoms with Gasteiger partial charge in [-0.15, -0.1) is 11.3 Å². The van der Waals surface area contributed by atoms with Crippen molar-refractivity contribution in [3.63, 3.8) is 0 Å². The lowest BCUT2D eigenvalue weighted by Gasteiger charge is -2.08. The van der Waals surface area contributed by atoms with Gasteiger partial charge in [0, 0.05) is 16.6 Å². The van der Waals surface area contributed by atoms with Crippen molar-refractivity contribution in [1.82, 2.24) is 10.6 Å². The molecule has 0 radical (unpaired) electrons. The summed E-state index contributed by atoms with van der Waals surface area (Å²) in [5, 5.41) is 6.22. The second-order valence-electron chi connectivity index (χ2n) is 6.55. The van der Waals surface area contributed by atoms with E-state index < -0.39 is 24.4 Å². The molecule has 0 aliphatic carbocycles. The lowest BCUT2D eigenvalue weighted by atomic mass is 10.2. The number of nitrogens with one attached hydrogen (secondary N) is 2. The highest BCUT2D eigenvalue weighted by molar-refractivity contribution is 7.21. The zero-order chi connectivity index (χ0) is 21.8. The second-order valence-corrected chi connectivity index (χ2v) is 7.98. The van der Waals surface area contributed by atoms with E-state index in [1.54, 1.807) is 18.2 Å². The molecule has 0 saturated heterocycles. The van der Waals surface area contributed by atoms with E-state index in [9.17, 15) is 14.4 Å². The van der Waals surface area contributed by atoms with Crippen LogP contribution in [0.4, 0.5) is 0 Å². The average molecular weight is 461 g/mol. The molecule has 1 aliphatic heterocycles. The second kappa shape index (κ2) is 9.23. The Balaban J connectivity index is 1.20. The standard InChI is InChI=1S/C21H17ClN2O6S/c22-19-13-3-1-2-4-16(13)31-20(19)21(27)24-9-18(26)28-10-17(25)23-8-12-5-6-14-15(7-12)30-11-29-14/h1-7H,8-11H2,(H,23,25)(H,24,27). The smallest absolute Gasteiger partial charge is 0.325 e. The van der Waals surface area contributed by atoms with Gasteiger partial charge in [-0.25, -0.2) is 0 Å².